The zero-order chi connectivity index (χ0) is 14.7. The molecule has 1 spiro atoms. The molecule has 2 aromatic rings. The third kappa shape index (κ3) is 1.75. The molecule has 21 heavy (non-hydrogen) atoms. The molecule has 0 bridgehead atoms. The van der Waals surface area contributed by atoms with Crippen LogP contribution in [0.3, 0.4) is 0 Å². The van der Waals surface area contributed by atoms with Gasteiger partial charge in [0.2, 0.25) is 0 Å². The molecule has 0 aromatic heterocycles. The summed E-state index contributed by atoms with van der Waals surface area (Å²) in [5.41, 5.74) is 8.15. The molecule has 4 rings (SSSR count). The Hall–Kier alpha value is -1.56. The van der Waals surface area contributed by atoms with E-state index >= 15 is 0 Å². The van der Waals surface area contributed by atoms with Crippen LogP contribution in [0.1, 0.15) is 63.1 Å². The summed E-state index contributed by atoms with van der Waals surface area (Å²) < 4.78 is 0. The van der Waals surface area contributed by atoms with E-state index in [1.54, 1.807) is 11.1 Å². The Morgan fingerprint density at radius 2 is 1.48 bits per heavy atom. The van der Waals surface area contributed by atoms with Gasteiger partial charge in [-0.2, -0.15) is 0 Å². The van der Waals surface area contributed by atoms with Crippen molar-refractivity contribution in [3.05, 3.63) is 59.2 Å². The highest BCUT2D eigenvalue weighted by Crippen LogP contribution is 2.57. The molecule has 0 heterocycles. The molecule has 0 unspecified atom stereocenters. The molecule has 108 valence electrons. The lowest BCUT2D eigenvalue weighted by atomic mass is 9.76. The predicted molar refractivity (Wildman–Crippen MR) is 89.8 cm³/mol. The average Bonchev–Trinajstić information content (AvgIpc) is 3.05. The van der Waals surface area contributed by atoms with Crippen LogP contribution in [0.2, 0.25) is 0 Å². The topological polar surface area (TPSA) is 0 Å². The normalized spacial score (nSPS) is 18.8. The summed E-state index contributed by atoms with van der Waals surface area (Å²) in [7, 11) is 0. The second-order valence-electron chi connectivity index (χ2n) is 7.85. The smallest absolute Gasteiger partial charge is 0.0215 e. The minimum absolute atomic E-state index is 0.218. The lowest BCUT2D eigenvalue weighted by Gasteiger charge is -2.27. The van der Waals surface area contributed by atoms with E-state index in [4.69, 9.17) is 0 Å². The second-order valence-corrected chi connectivity index (χ2v) is 7.85. The first-order valence-corrected chi connectivity index (χ1v) is 8.27. The van der Waals surface area contributed by atoms with Crippen LogP contribution in [0.4, 0.5) is 0 Å². The third-order valence-electron chi connectivity index (χ3n) is 5.59. The highest BCUT2D eigenvalue weighted by Gasteiger charge is 2.44. The Bertz CT molecular complexity index is 694. The maximum Gasteiger partial charge on any atom is 0.0215 e. The summed E-state index contributed by atoms with van der Waals surface area (Å²) in [5.74, 6) is 0. The first kappa shape index (κ1) is 13.1. The Labute approximate surface area is 128 Å². The van der Waals surface area contributed by atoms with Crippen LogP contribution in [-0.2, 0) is 10.8 Å². The van der Waals surface area contributed by atoms with E-state index in [1.165, 1.54) is 42.4 Å². The van der Waals surface area contributed by atoms with Crippen LogP contribution < -0.4 is 0 Å². The van der Waals surface area contributed by atoms with E-state index in [9.17, 15) is 0 Å². The summed E-state index contributed by atoms with van der Waals surface area (Å²) in [4.78, 5) is 0. The molecule has 0 atom stereocenters. The second kappa shape index (κ2) is 4.22. The van der Waals surface area contributed by atoms with Crippen molar-refractivity contribution < 1.29 is 0 Å². The van der Waals surface area contributed by atoms with Crippen LogP contribution >= 0.6 is 0 Å². The van der Waals surface area contributed by atoms with Gasteiger partial charge in [0.15, 0.2) is 0 Å². The Morgan fingerprint density at radius 3 is 2.19 bits per heavy atom. The summed E-state index contributed by atoms with van der Waals surface area (Å²) >= 11 is 0. The number of hydrogen-bond acceptors (Lipinski definition) is 0. The van der Waals surface area contributed by atoms with Gasteiger partial charge >= 0.3 is 0 Å². The Kier molecular flexibility index (Phi) is 2.64. The summed E-state index contributed by atoms with van der Waals surface area (Å²) in [6, 6.07) is 16.4. The van der Waals surface area contributed by atoms with Gasteiger partial charge < -0.3 is 0 Å². The number of hydrogen-bond donors (Lipinski definition) is 0. The Morgan fingerprint density at radius 1 is 0.810 bits per heavy atom. The molecule has 0 saturated heterocycles. The molecule has 0 N–H and O–H groups in total. The summed E-state index contributed by atoms with van der Waals surface area (Å²) in [5, 5.41) is 0. The van der Waals surface area contributed by atoms with E-state index < -0.39 is 0 Å². The van der Waals surface area contributed by atoms with E-state index in [0.29, 0.717) is 5.41 Å². The molecule has 2 aromatic carbocycles. The SMILES string of the molecule is CC(C)(C)c1ccc2c(c1)-c1ccccc1C21CCCC1. The highest BCUT2D eigenvalue weighted by atomic mass is 14.5. The monoisotopic (exact) mass is 276 g/mol. The van der Waals surface area contributed by atoms with Gasteiger partial charge in [0, 0.05) is 5.41 Å². The molecule has 2 aliphatic rings. The predicted octanol–water partition coefficient (Wildman–Crippen LogP) is 5.82. The lowest BCUT2D eigenvalue weighted by Crippen LogP contribution is -2.20. The van der Waals surface area contributed by atoms with E-state index in [-0.39, 0.29) is 5.41 Å². The van der Waals surface area contributed by atoms with E-state index in [0.717, 1.165) is 0 Å². The number of benzene rings is 2. The molecule has 1 fully saturated rings. The Balaban J connectivity index is 1.99. The van der Waals surface area contributed by atoms with E-state index in [1.807, 2.05) is 0 Å². The standard InChI is InChI=1S/C21H24/c1-20(2,3)15-10-11-19-17(14-15)16-8-4-5-9-18(16)21(19)12-6-7-13-21/h4-5,8-11,14H,6-7,12-13H2,1-3H3. The van der Waals surface area contributed by atoms with E-state index in [2.05, 4.69) is 63.2 Å². The van der Waals surface area contributed by atoms with Crippen molar-refractivity contribution in [1.29, 1.82) is 0 Å². The van der Waals surface area contributed by atoms with Crippen molar-refractivity contribution in [1.82, 2.24) is 0 Å². The first-order valence-electron chi connectivity index (χ1n) is 8.27. The van der Waals surface area contributed by atoms with Crippen LogP contribution in [0.25, 0.3) is 11.1 Å². The average molecular weight is 276 g/mol. The van der Waals surface area contributed by atoms with Crippen molar-refractivity contribution in [2.45, 2.75) is 57.3 Å². The molecule has 1 saturated carbocycles. The van der Waals surface area contributed by atoms with Crippen molar-refractivity contribution in [2.75, 3.05) is 0 Å². The fraction of sp³-hybridized carbons (Fsp3) is 0.429. The largest absolute Gasteiger partial charge is 0.0619 e. The lowest BCUT2D eigenvalue weighted by molar-refractivity contribution is 0.548. The van der Waals surface area contributed by atoms with Gasteiger partial charge in [-0.15, -0.1) is 0 Å². The van der Waals surface area contributed by atoms with Crippen molar-refractivity contribution in [3.63, 3.8) is 0 Å². The zero-order valence-electron chi connectivity index (χ0n) is 13.4. The van der Waals surface area contributed by atoms with Gasteiger partial charge in [0.1, 0.15) is 0 Å². The minimum Gasteiger partial charge on any atom is -0.0619 e. The molecule has 0 radical (unpaired) electrons. The van der Waals surface area contributed by atoms with Gasteiger partial charge in [0.25, 0.3) is 0 Å². The quantitative estimate of drug-likeness (QED) is 0.568. The van der Waals surface area contributed by atoms with Crippen LogP contribution in [0, 0.1) is 0 Å². The number of fused-ring (bicyclic) bond motifs is 5. The summed E-state index contributed by atoms with van der Waals surface area (Å²) in [6.07, 6.45) is 5.39. The number of rotatable bonds is 0. The van der Waals surface area contributed by atoms with Crippen molar-refractivity contribution in [2.24, 2.45) is 0 Å². The van der Waals surface area contributed by atoms with Crippen LogP contribution in [0.5, 0.6) is 0 Å². The van der Waals surface area contributed by atoms with Crippen molar-refractivity contribution in [3.8, 4) is 11.1 Å². The molecular weight excluding hydrogens is 252 g/mol. The summed E-state index contributed by atoms with van der Waals surface area (Å²) in [6.45, 7) is 6.92. The fourth-order valence-corrected chi connectivity index (χ4v) is 4.45. The van der Waals surface area contributed by atoms with Crippen molar-refractivity contribution >= 4 is 0 Å². The maximum absolute atomic E-state index is 2.46. The molecule has 2 aliphatic carbocycles. The van der Waals surface area contributed by atoms with Gasteiger partial charge in [-0.25, -0.2) is 0 Å². The maximum atomic E-state index is 2.46. The molecular formula is C21H24. The van der Waals surface area contributed by atoms with Gasteiger partial charge in [-0.1, -0.05) is 76.1 Å². The fourth-order valence-electron chi connectivity index (χ4n) is 4.45. The molecule has 0 heteroatoms. The minimum atomic E-state index is 0.218. The van der Waals surface area contributed by atoms with Crippen LogP contribution in [-0.4, -0.2) is 0 Å². The van der Waals surface area contributed by atoms with Gasteiger partial charge in [-0.05, 0) is 46.1 Å². The van der Waals surface area contributed by atoms with Gasteiger partial charge in [0.05, 0.1) is 0 Å². The molecule has 0 aliphatic heterocycles. The van der Waals surface area contributed by atoms with Crippen LogP contribution in [0.15, 0.2) is 42.5 Å². The highest BCUT2D eigenvalue weighted by molar-refractivity contribution is 5.81. The van der Waals surface area contributed by atoms with Gasteiger partial charge in [-0.3, -0.25) is 0 Å². The third-order valence-corrected chi connectivity index (χ3v) is 5.59. The zero-order valence-corrected chi connectivity index (χ0v) is 13.4. The molecule has 0 nitrogen and oxygen atoms in total. The molecule has 0 amide bonds. The first-order chi connectivity index (χ1) is 10.0.